The summed E-state index contributed by atoms with van der Waals surface area (Å²) in [6.07, 6.45) is 3.18. The lowest BCUT2D eigenvalue weighted by Gasteiger charge is -2.32. The summed E-state index contributed by atoms with van der Waals surface area (Å²) in [5, 5.41) is 10.7. The van der Waals surface area contributed by atoms with Crippen molar-refractivity contribution in [2.24, 2.45) is 5.92 Å². The molecule has 0 unspecified atom stereocenters. The van der Waals surface area contributed by atoms with Crippen molar-refractivity contribution in [2.45, 2.75) is 32.7 Å². The zero-order valence-corrected chi connectivity index (χ0v) is 13.5. The van der Waals surface area contributed by atoms with Crippen LogP contribution < -0.4 is 10.5 Å². The second-order valence-corrected chi connectivity index (χ2v) is 6.49. The SMILES string of the molecule is CC(C)n1ccc2cc(N3CCC(C(=O)O)CC3)ccc2c1=O. The Morgan fingerprint density at radius 2 is 1.91 bits per heavy atom. The third-order valence-electron chi connectivity index (χ3n) is 4.68. The topological polar surface area (TPSA) is 62.5 Å². The third-order valence-corrected chi connectivity index (χ3v) is 4.68. The van der Waals surface area contributed by atoms with Crippen LogP contribution in [-0.2, 0) is 4.79 Å². The minimum atomic E-state index is -0.697. The van der Waals surface area contributed by atoms with Gasteiger partial charge in [-0.1, -0.05) is 0 Å². The Morgan fingerprint density at radius 1 is 1.22 bits per heavy atom. The molecule has 23 heavy (non-hydrogen) atoms. The van der Waals surface area contributed by atoms with E-state index in [4.69, 9.17) is 5.11 Å². The van der Waals surface area contributed by atoms with Crippen LogP contribution in [0.3, 0.4) is 0 Å². The Bertz CT molecular complexity index is 786. The normalized spacial score (nSPS) is 16.2. The van der Waals surface area contributed by atoms with Crippen LogP contribution in [0.15, 0.2) is 35.3 Å². The van der Waals surface area contributed by atoms with Gasteiger partial charge < -0.3 is 14.6 Å². The van der Waals surface area contributed by atoms with Gasteiger partial charge in [0.2, 0.25) is 0 Å². The van der Waals surface area contributed by atoms with Gasteiger partial charge in [-0.3, -0.25) is 9.59 Å². The predicted molar refractivity (Wildman–Crippen MR) is 91.2 cm³/mol. The van der Waals surface area contributed by atoms with Gasteiger partial charge in [0.25, 0.3) is 5.56 Å². The molecular weight excluding hydrogens is 292 g/mol. The second-order valence-electron chi connectivity index (χ2n) is 6.49. The molecule has 5 heteroatoms. The highest BCUT2D eigenvalue weighted by Gasteiger charge is 2.24. The van der Waals surface area contributed by atoms with E-state index in [9.17, 15) is 9.59 Å². The molecule has 1 aliphatic rings. The maximum atomic E-state index is 12.5. The number of fused-ring (bicyclic) bond motifs is 1. The number of rotatable bonds is 3. The van der Waals surface area contributed by atoms with Crippen molar-refractivity contribution in [1.29, 1.82) is 0 Å². The number of hydrogen-bond donors (Lipinski definition) is 1. The van der Waals surface area contributed by atoms with Gasteiger partial charge in [0, 0.05) is 36.4 Å². The van der Waals surface area contributed by atoms with Crippen LogP contribution in [0.1, 0.15) is 32.7 Å². The van der Waals surface area contributed by atoms with Gasteiger partial charge in [0.1, 0.15) is 0 Å². The van der Waals surface area contributed by atoms with E-state index in [-0.39, 0.29) is 17.5 Å². The zero-order valence-electron chi connectivity index (χ0n) is 13.5. The van der Waals surface area contributed by atoms with Crippen LogP contribution in [0.4, 0.5) is 5.69 Å². The fourth-order valence-electron chi connectivity index (χ4n) is 3.24. The lowest BCUT2D eigenvalue weighted by Crippen LogP contribution is -2.36. The summed E-state index contributed by atoms with van der Waals surface area (Å²) in [6.45, 7) is 5.47. The second kappa shape index (κ2) is 6.07. The van der Waals surface area contributed by atoms with Crippen molar-refractivity contribution >= 4 is 22.4 Å². The fraction of sp³-hybridized carbons (Fsp3) is 0.444. The Morgan fingerprint density at radius 3 is 2.52 bits per heavy atom. The summed E-state index contributed by atoms with van der Waals surface area (Å²) >= 11 is 0. The van der Waals surface area contributed by atoms with Crippen molar-refractivity contribution in [3.8, 4) is 0 Å². The number of aliphatic carboxylic acids is 1. The van der Waals surface area contributed by atoms with E-state index < -0.39 is 5.97 Å². The van der Waals surface area contributed by atoms with E-state index >= 15 is 0 Å². The number of anilines is 1. The lowest BCUT2D eigenvalue weighted by atomic mass is 9.96. The summed E-state index contributed by atoms with van der Waals surface area (Å²) in [5.41, 5.74) is 1.09. The first-order valence-electron chi connectivity index (χ1n) is 8.10. The van der Waals surface area contributed by atoms with Gasteiger partial charge in [0.15, 0.2) is 0 Å². The van der Waals surface area contributed by atoms with Crippen molar-refractivity contribution in [2.75, 3.05) is 18.0 Å². The number of nitrogens with zero attached hydrogens (tertiary/aromatic N) is 2. The van der Waals surface area contributed by atoms with Crippen molar-refractivity contribution < 1.29 is 9.90 Å². The molecule has 1 aliphatic heterocycles. The molecule has 0 bridgehead atoms. The molecular formula is C18H22N2O3. The molecule has 2 heterocycles. The largest absolute Gasteiger partial charge is 0.481 e. The fourth-order valence-corrected chi connectivity index (χ4v) is 3.24. The summed E-state index contributed by atoms with van der Waals surface area (Å²) < 4.78 is 1.74. The van der Waals surface area contributed by atoms with Crippen LogP contribution in [0.5, 0.6) is 0 Å². The highest BCUT2D eigenvalue weighted by Crippen LogP contribution is 2.26. The molecule has 0 aliphatic carbocycles. The summed E-state index contributed by atoms with van der Waals surface area (Å²) in [5.74, 6) is -0.928. The Labute approximate surface area is 135 Å². The average molecular weight is 314 g/mol. The molecule has 1 fully saturated rings. The Kier molecular flexibility index (Phi) is 4.11. The molecule has 0 atom stereocenters. The molecule has 2 aromatic rings. The molecule has 0 spiro atoms. The number of carboxylic acid groups (broad SMARTS) is 1. The van der Waals surface area contributed by atoms with Crippen LogP contribution in [0, 0.1) is 5.92 Å². The smallest absolute Gasteiger partial charge is 0.306 e. The van der Waals surface area contributed by atoms with Crippen LogP contribution in [-0.4, -0.2) is 28.7 Å². The molecule has 1 aromatic carbocycles. The maximum absolute atomic E-state index is 12.5. The summed E-state index contributed by atoms with van der Waals surface area (Å²) in [4.78, 5) is 25.7. The molecule has 0 amide bonds. The highest BCUT2D eigenvalue weighted by atomic mass is 16.4. The van der Waals surface area contributed by atoms with E-state index in [0.717, 1.165) is 29.5 Å². The Balaban J connectivity index is 1.88. The highest BCUT2D eigenvalue weighted by molar-refractivity contribution is 5.85. The van der Waals surface area contributed by atoms with E-state index in [2.05, 4.69) is 4.90 Å². The third kappa shape index (κ3) is 2.96. The Hall–Kier alpha value is -2.30. The zero-order chi connectivity index (χ0) is 16.6. The first-order chi connectivity index (χ1) is 11.0. The molecule has 122 valence electrons. The number of benzene rings is 1. The quantitative estimate of drug-likeness (QED) is 0.946. The number of aromatic nitrogens is 1. The van der Waals surface area contributed by atoms with Gasteiger partial charge in [-0.2, -0.15) is 0 Å². The van der Waals surface area contributed by atoms with Crippen LogP contribution >= 0.6 is 0 Å². The minimum Gasteiger partial charge on any atom is -0.481 e. The van der Waals surface area contributed by atoms with Crippen molar-refractivity contribution in [3.05, 3.63) is 40.8 Å². The minimum absolute atomic E-state index is 0.0358. The average Bonchev–Trinajstić information content (AvgIpc) is 2.54. The standard InChI is InChI=1S/C18H22N2O3/c1-12(2)20-10-7-14-11-15(3-4-16(14)17(20)21)19-8-5-13(6-9-19)18(22)23/h3-4,7,10-13H,5-6,8-9H2,1-2H3,(H,22,23). The molecule has 3 rings (SSSR count). The van der Waals surface area contributed by atoms with Crippen LogP contribution in [0.2, 0.25) is 0 Å². The molecule has 1 saturated heterocycles. The van der Waals surface area contributed by atoms with E-state index in [1.807, 2.05) is 44.3 Å². The summed E-state index contributed by atoms with van der Waals surface area (Å²) in [6, 6.07) is 8.00. The number of hydrogen-bond acceptors (Lipinski definition) is 3. The lowest BCUT2D eigenvalue weighted by molar-refractivity contribution is -0.142. The van der Waals surface area contributed by atoms with Crippen molar-refractivity contribution in [3.63, 3.8) is 0 Å². The number of carboxylic acids is 1. The van der Waals surface area contributed by atoms with Crippen molar-refractivity contribution in [1.82, 2.24) is 4.57 Å². The molecule has 0 saturated carbocycles. The summed E-state index contributed by atoms with van der Waals surface area (Å²) in [7, 11) is 0. The van der Waals surface area contributed by atoms with E-state index in [0.29, 0.717) is 12.8 Å². The van der Waals surface area contributed by atoms with Gasteiger partial charge in [0.05, 0.1) is 5.92 Å². The predicted octanol–water partition coefficient (Wildman–Crippen LogP) is 2.88. The van der Waals surface area contributed by atoms with Crippen LogP contribution in [0.25, 0.3) is 10.8 Å². The first kappa shape index (κ1) is 15.6. The van der Waals surface area contributed by atoms with Gasteiger partial charge in [-0.05, 0) is 56.3 Å². The van der Waals surface area contributed by atoms with Gasteiger partial charge in [-0.15, -0.1) is 0 Å². The molecule has 0 radical (unpaired) electrons. The maximum Gasteiger partial charge on any atom is 0.306 e. The molecule has 1 N–H and O–H groups in total. The first-order valence-corrected chi connectivity index (χ1v) is 8.10. The number of piperidine rings is 1. The van der Waals surface area contributed by atoms with Gasteiger partial charge >= 0.3 is 5.97 Å². The van der Waals surface area contributed by atoms with Gasteiger partial charge in [-0.25, -0.2) is 0 Å². The number of carbonyl (C=O) groups is 1. The number of pyridine rings is 1. The molecule has 1 aromatic heterocycles. The van der Waals surface area contributed by atoms with E-state index in [1.54, 1.807) is 4.57 Å². The van der Waals surface area contributed by atoms with E-state index in [1.165, 1.54) is 0 Å². The monoisotopic (exact) mass is 314 g/mol. The molecule has 5 nitrogen and oxygen atoms in total.